The second-order valence-corrected chi connectivity index (χ2v) is 6.68. The fourth-order valence-corrected chi connectivity index (χ4v) is 3.90. The number of piperidine rings is 1. The topological polar surface area (TPSA) is 63.6 Å². The first-order valence-corrected chi connectivity index (χ1v) is 8.23. The molecule has 23 heavy (non-hydrogen) atoms. The van der Waals surface area contributed by atoms with Gasteiger partial charge in [0.15, 0.2) is 5.11 Å². The number of aromatic nitrogens is 1. The van der Waals surface area contributed by atoms with Gasteiger partial charge in [-0.1, -0.05) is 6.07 Å². The molecule has 6 nitrogen and oxygen atoms in total. The molecule has 0 aromatic carbocycles. The van der Waals surface area contributed by atoms with Gasteiger partial charge in [-0.25, -0.2) is 4.79 Å². The first-order valence-electron chi connectivity index (χ1n) is 7.82. The Morgan fingerprint density at radius 3 is 2.91 bits per heavy atom. The number of esters is 1. The van der Waals surface area contributed by atoms with E-state index in [1.54, 1.807) is 13.0 Å². The molecule has 0 amide bonds. The minimum atomic E-state index is -0.468. The van der Waals surface area contributed by atoms with Crippen molar-refractivity contribution >= 4 is 23.3 Å². The summed E-state index contributed by atoms with van der Waals surface area (Å²) in [5, 5.41) is 3.61. The van der Waals surface area contributed by atoms with E-state index in [9.17, 15) is 9.59 Å². The van der Waals surface area contributed by atoms with Gasteiger partial charge in [0.1, 0.15) is 6.04 Å². The predicted octanol–water partition coefficient (Wildman–Crippen LogP) is 0.703. The number of hydrogen-bond acceptors (Lipinski definition) is 4. The molecule has 0 spiro atoms. The second kappa shape index (κ2) is 6.31. The number of carbonyl (C=O) groups excluding carboxylic acids is 1. The highest BCUT2D eigenvalue weighted by Crippen LogP contribution is 2.34. The SMILES string of the molecule is COC(=O)[C@H](C)NC(=S)N1C[C@@H]2C[C@@H](C1)c1cccc(=O)n1C2. The van der Waals surface area contributed by atoms with Crippen LogP contribution < -0.4 is 10.9 Å². The summed E-state index contributed by atoms with van der Waals surface area (Å²) in [6, 6.07) is 5.00. The molecule has 0 aliphatic carbocycles. The third-order valence-corrected chi connectivity index (χ3v) is 5.04. The number of nitrogens with zero attached hydrogens (tertiary/aromatic N) is 2. The molecule has 1 saturated heterocycles. The number of thiocarbonyl (C=S) groups is 1. The highest BCUT2D eigenvalue weighted by molar-refractivity contribution is 7.80. The molecule has 2 aliphatic rings. The number of hydrogen-bond donors (Lipinski definition) is 1. The number of nitrogens with one attached hydrogen (secondary N) is 1. The zero-order valence-corrected chi connectivity index (χ0v) is 14.1. The summed E-state index contributed by atoms with van der Waals surface area (Å²) in [4.78, 5) is 25.7. The van der Waals surface area contributed by atoms with Crippen molar-refractivity contribution in [3.05, 3.63) is 34.2 Å². The van der Waals surface area contributed by atoms with E-state index >= 15 is 0 Å². The first kappa shape index (κ1) is 16.0. The van der Waals surface area contributed by atoms with Crippen LogP contribution in [-0.2, 0) is 16.1 Å². The molecule has 124 valence electrons. The van der Waals surface area contributed by atoms with Crippen LogP contribution in [0, 0.1) is 5.92 Å². The zero-order valence-electron chi connectivity index (χ0n) is 13.3. The average molecular weight is 335 g/mol. The van der Waals surface area contributed by atoms with Crippen molar-refractivity contribution in [1.82, 2.24) is 14.8 Å². The normalized spacial score (nSPS) is 23.7. The summed E-state index contributed by atoms with van der Waals surface area (Å²) < 4.78 is 6.61. The minimum absolute atomic E-state index is 0.0747. The lowest BCUT2D eigenvalue weighted by Crippen LogP contribution is -2.54. The lowest BCUT2D eigenvalue weighted by Gasteiger charge is -2.43. The van der Waals surface area contributed by atoms with Crippen molar-refractivity contribution in [3.63, 3.8) is 0 Å². The summed E-state index contributed by atoms with van der Waals surface area (Å²) in [6.07, 6.45) is 1.08. The Balaban J connectivity index is 1.74. The molecular formula is C16H21N3O3S. The van der Waals surface area contributed by atoms with E-state index in [2.05, 4.69) is 10.2 Å². The lowest BCUT2D eigenvalue weighted by molar-refractivity contribution is -0.142. The number of ether oxygens (including phenoxy) is 1. The van der Waals surface area contributed by atoms with Gasteiger partial charge in [0.2, 0.25) is 0 Å². The molecule has 1 N–H and O–H groups in total. The predicted molar refractivity (Wildman–Crippen MR) is 90.3 cm³/mol. The van der Waals surface area contributed by atoms with Gasteiger partial charge in [-0.2, -0.15) is 0 Å². The van der Waals surface area contributed by atoms with Gasteiger partial charge >= 0.3 is 5.97 Å². The number of fused-ring (bicyclic) bond motifs is 4. The highest BCUT2D eigenvalue weighted by atomic mass is 32.1. The molecule has 1 aromatic rings. The standard InChI is InChI=1S/C16H21N3O3S/c1-10(15(21)22-2)17-16(23)18-7-11-6-12(9-18)13-4-3-5-14(20)19(13)8-11/h3-5,10-12H,6-9H2,1-2H3,(H,17,23)/t10-,11-,12-/m0/s1. The van der Waals surface area contributed by atoms with Crippen LogP contribution in [0.4, 0.5) is 0 Å². The van der Waals surface area contributed by atoms with Crippen LogP contribution in [0.3, 0.4) is 0 Å². The van der Waals surface area contributed by atoms with E-state index in [4.69, 9.17) is 17.0 Å². The Labute approximate surface area is 140 Å². The number of pyridine rings is 1. The molecule has 2 aliphatic heterocycles. The van der Waals surface area contributed by atoms with E-state index in [1.807, 2.05) is 16.7 Å². The van der Waals surface area contributed by atoms with Crippen molar-refractivity contribution in [2.75, 3.05) is 20.2 Å². The Kier molecular flexibility index (Phi) is 4.39. The fourth-order valence-electron chi connectivity index (χ4n) is 3.57. The molecular weight excluding hydrogens is 314 g/mol. The van der Waals surface area contributed by atoms with Crippen molar-refractivity contribution in [1.29, 1.82) is 0 Å². The highest BCUT2D eigenvalue weighted by Gasteiger charge is 2.35. The Bertz CT molecular complexity index is 687. The molecule has 2 bridgehead atoms. The largest absolute Gasteiger partial charge is 0.467 e. The van der Waals surface area contributed by atoms with Gasteiger partial charge in [-0.15, -0.1) is 0 Å². The molecule has 3 rings (SSSR count). The quantitative estimate of drug-likeness (QED) is 0.634. The zero-order chi connectivity index (χ0) is 16.6. The van der Waals surface area contributed by atoms with Crippen molar-refractivity contribution in [2.24, 2.45) is 5.92 Å². The van der Waals surface area contributed by atoms with Crippen LogP contribution in [0.5, 0.6) is 0 Å². The van der Waals surface area contributed by atoms with Crippen LogP contribution >= 0.6 is 12.2 Å². The smallest absolute Gasteiger partial charge is 0.328 e. The van der Waals surface area contributed by atoms with Crippen LogP contribution in [-0.4, -0.2) is 46.8 Å². The summed E-state index contributed by atoms with van der Waals surface area (Å²) in [5.41, 5.74) is 1.16. The van der Waals surface area contributed by atoms with Gasteiger partial charge in [-0.3, -0.25) is 4.79 Å². The van der Waals surface area contributed by atoms with E-state index in [0.717, 1.165) is 31.7 Å². The molecule has 1 fully saturated rings. The number of likely N-dealkylation sites (tertiary alicyclic amines) is 1. The number of methoxy groups -OCH3 is 1. The van der Waals surface area contributed by atoms with Crippen molar-refractivity contribution in [3.8, 4) is 0 Å². The maximum atomic E-state index is 12.0. The fraction of sp³-hybridized carbons (Fsp3) is 0.562. The van der Waals surface area contributed by atoms with Gasteiger partial charge in [-0.05, 0) is 37.5 Å². The van der Waals surface area contributed by atoms with Gasteiger partial charge in [0.05, 0.1) is 7.11 Å². The van der Waals surface area contributed by atoms with Crippen LogP contribution in [0.15, 0.2) is 23.0 Å². The van der Waals surface area contributed by atoms with Gasteiger partial charge < -0.3 is 19.5 Å². The molecule has 0 radical (unpaired) electrons. The summed E-state index contributed by atoms with van der Waals surface area (Å²) >= 11 is 5.46. The Hall–Kier alpha value is -1.89. The van der Waals surface area contributed by atoms with Gasteiger partial charge in [0.25, 0.3) is 5.56 Å². The molecule has 0 saturated carbocycles. The van der Waals surface area contributed by atoms with Crippen molar-refractivity contribution in [2.45, 2.75) is 31.8 Å². The van der Waals surface area contributed by atoms with Crippen molar-refractivity contribution < 1.29 is 9.53 Å². The molecule has 0 unspecified atom stereocenters. The van der Waals surface area contributed by atoms with Gasteiger partial charge in [0, 0.05) is 37.3 Å². The lowest BCUT2D eigenvalue weighted by atomic mass is 9.83. The van der Waals surface area contributed by atoms with E-state index in [-0.39, 0.29) is 11.5 Å². The number of rotatable bonds is 2. The van der Waals surface area contributed by atoms with Crippen LogP contribution in [0.1, 0.15) is 25.0 Å². The Morgan fingerprint density at radius 1 is 1.39 bits per heavy atom. The third kappa shape index (κ3) is 3.10. The summed E-state index contributed by atoms with van der Waals surface area (Å²) in [5.74, 6) is 0.362. The van der Waals surface area contributed by atoms with E-state index < -0.39 is 6.04 Å². The third-order valence-electron chi connectivity index (χ3n) is 4.66. The summed E-state index contributed by atoms with van der Waals surface area (Å²) in [7, 11) is 1.36. The molecule has 3 heterocycles. The first-order chi connectivity index (χ1) is 11.0. The minimum Gasteiger partial charge on any atom is -0.467 e. The van der Waals surface area contributed by atoms with Crippen LogP contribution in [0.2, 0.25) is 0 Å². The molecule has 7 heteroatoms. The molecule has 3 atom stereocenters. The maximum Gasteiger partial charge on any atom is 0.328 e. The Morgan fingerprint density at radius 2 is 2.17 bits per heavy atom. The molecule has 1 aromatic heterocycles. The van der Waals surface area contributed by atoms with E-state index in [0.29, 0.717) is 16.9 Å². The monoisotopic (exact) mass is 335 g/mol. The number of carbonyl (C=O) groups is 1. The maximum absolute atomic E-state index is 12.0. The summed E-state index contributed by atoms with van der Waals surface area (Å²) in [6.45, 7) is 4.03. The van der Waals surface area contributed by atoms with E-state index in [1.165, 1.54) is 7.11 Å². The average Bonchev–Trinajstić information content (AvgIpc) is 2.54. The second-order valence-electron chi connectivity index (χ2n) is 6.30. The van der Waals surface area contributed by atoms with Crippen LogP contribution in [0.25, 0.3) is 0 Å².